The van der Waals surface area contributed by atoms with E-state index in [0.717, 1.165) is 35.8 Å². The molecule has 0 saturated carbocycles. The Morgan fingerprint density at radius 3 is 2.61 bits per heavy atom. The van der Waals surface area contributed by atoms with E-state index in [9.17, 15) is 9.90 Å². The fourth-order valence-corrected chi connectivity index (χ4v) is 2.62. The number of carbonyl (C=O) groups is 1. The Morgan fingerprint density at radius 2 is 2.06 bits per heavy atom. The van der Waals surface area contributed by atoms with Crippen molar-refractivity contribution in [2.45, 2.75) is 33.6 Å². The van der Waals surface area contributed by atoms with E-state index in [-0.39, 0.29) is 0 Å². The van der Waals surface area contributed by atoms with Crippen LogP contribution in [-0.2, 0) is 0 Å². The van der Waals surface area contributed by atoms with Gasteiger partial charge in [-0.1, -0.05) is 13.3 Å². The van der Waals surface area contributed by atoms with Crippen molar-refractivity contribution in [3.63, 3.8) is 0 Å². The molecule has 98 valence electrons. The van der Waals surface area contributed by atoms with Crippen LogP contribution < -0.4 is 4.90 Å². The summed E-state index contributed by atoms with van der Waals surface area (Å²) < 4.78 is 0. The number of carboxylic acids is 1. The molecule has 3 nitrogen and oxygen atoms in total. The number of hydrogen-bond acceptors (Lipinski definition) is 2. The second-order valence-electron chi connectivity index (χ2n) is 5.30. The van der Waals surface area contributed by atoms with Crippen LogP contribution in [0.3, 0.4) is 0 Å². The average Bonchev–Trinajstić information content (AvgIpc) is 2.26. The molecule has 1 fully saturated rings. The summed E-state index contributed by atoms with van der Waals surface area (Å²) in [5.41, 5.74) is 3.42. The highest BCUT2D eigenvalue weighted by Gasteiger charge is 2.27. The topological polar surface area (TPSA) is 40.5 Å². The average molecular weight is 247 g/mol. The Hall–Kier alpha value is -1.51. The molecule has 2 rings (SSSR count). The van der Waals surface area contributed by atoms with E-state index in [4.69, 9.17) is 0 Å². The fraction of sp³-hybridized carbons (Fsp3) is 0.533. The van der Waals surface area contributed by atoms with Crippen molar-refractivity contribution in [2.75, 3.05) is 18.0 Å². The summed E-state index contributed by atoms with van der Waals surface area (Å²) in [4.78, 5) is 13.5. The first-order valence-corrected chi connectivity index (χ1v) is 6.62. The first-order chi connectivity index (χ1) is 8.52. The number of anilines is 1. The van der Waals surface area contributed by atoms with Crippen LogP contribution in [0.4, 0.5) is 5.69 Å². The van der Waals surface area contributed by atoms with Gasteiger partial charge >= 0.3 is 5.97 Å². The van der Waals surface area contributed by atoms with E-state index in [2.05, 4.69) is 17.9 Å². The minimum Gasteiger partial charge on any atom is -0.478 e. The normalized spacial score (nSPS) is 15.6. The van der Waals surface area contributed by atoms with Crippen LogP contribution in [0.5, 0.6) is 0 Å². The van der Waals surface area contributed by atoms with Gasteiger partial charge in [-0.15, -0.1) is 0 Å². The van der Waals surface area contributed by atoms with Crippen molar-refractivity contribution >= 4 is 11.7 Å². The van der Waals surface area contributed by atoms with Gasteiger partial charge in [0, 0.05) is 18.8 Å². The molecule has 0 aromatic heterocycles. The van der Waals surface area contributed by atoms with Gasteiger partial charge < -0.3 is 10.0 Å². The molecule has 1 N–H and O–H groups in total. The number of benzene rings is 1. The first kappa shape index (κ1) is 12.9. The van der Waals surface area contributed by atoms with Crippen LogP contribution in [-0.4, -0.2) is 24.2 Å². The van der Waals surface area contributed by atoms with Crippen molar-refractivity contribution in [3.05, 3.63) is 28.8 Å². The van der Waals surface area contributed by atoms with E-state index in [1.165, 1.54) is 12.8 Å². The second kappa shape index (κ2) is 5.01. The lowest BCUT2D eigenvalue weighted by Gasteiger charge is -2.41. The van der Waals surface area contributed by atoms with Crippen molar-refractivity contribution in [1.29, 1.82) is 0 Å². The van der Waals surface area contributed by atoms with Gasteiger partial charge in [0.1, 0.15) is 0 Å². The first-order valence-electron chi connectivity index (χ1n) is 6.62. The van der Waals surface area contributed by atoms with Gasteiger partial charge in [0.2, 0.25) is 0 Å². The van der Waals surface area contributed by atoms with Crippen molar-refractivity contribution in [1.82, 2.24) is 0 Å². The quantitative estimate of drug-likeness (QED) is 0.888. The smallest absolute Gasteiger partial charge is 0.336 e. The van der Waals surface area contributed by atoms with Crippen molar-refractivity contribution < 1.29 is 9.90 Å². The monoisotopic (exact) mass is 247 g/mol. The molecule has 0 radical (unpaired) electrons. The van der Waals surface area contributed by atoms with Crippen LogP contribution in [0.15, 0.2) is 12.1 Å². The van der Waals surface area contributed by atoms with Crippen LogP contribution >= 0.6 is 0 Å². The molecule has 0 spiro atoms. The second-order valence-corrected chi connectivity index (χ2v) is 5.30. The predicted molar refractivity (Wildman–Crippen MR) is 73.5 cm³/mol. The number of nitrogens with zero attached hydrogens (tertiary/aromatic N) is 1. The molecule has 1 aliphatic rings. The van der Waals surface area contributed by atoms with Gasteiger partial charge in [-0.25, -0.2) is 4.79 Å². The van der Waals surface area contributed by atoms with E-state index < -0.39 is 5.97 Å². The third-order valence-corrected chi connectivity index (χ3v) is 3.90. The zero-order chi connectivity index (χ0) is 13.3. The van der Waals surface area contributed by atoms with Crippen molar-refractivity contribution in [3.8, 4) is 0 Å². The summed E-state index contributed by atoms with van der Waals surface area (Å²) in [6, 6.07) is 3.91. The Balaban J connectivity index is 2.18. The van der Waals surface area contributed by atoms with Gasteiger partial charge in [0.25, 0.3) is 0 Å². The van der Waals surface area contributed by atoms with E-state index in [1.807, 2.05) is 19.9 Å². The molecule has 0 atom stereocenters. The molecule has 1 aliphatic heterocycles. The van der Waals surface area contributed by atoms with Gasteiger partial charge in [-0.2, -0.15) is 0 Å². The summed E-state index contributed by atoms with van der Waals surface area (Å²) >= 11 is 0. The molecular weight excluding hydrogens is 226 g/mol. The molecule has 0 aliphatic carbocycles. The van der Waals surface area contributed by atoms with Gasteiger partial charge in [-0.3, -0.25) is 0 Å². The van der Waals surface area contributed by atoms with Crippen LogP contribution in [0.25, 0.3) is 0 Å². The number of aryl methyl sites for hydroxylation is 1. The number of carboxylic acid groups (broad SMARTS) is 1. The highest BCUT2D eigenvalue weighted by atomic mass is 16.4. The fourth-order valence-electron chi connectivity index (χ4n) is 2.62. The summed E-state index contributed by atoms with van der Waals surface area (Å²) in [7, 11) is 0. The van der Waals surface area contributed by atoms with Gasteiger partial charge in [-0.05, 0) is 49.4 Å². The SMILES string of the molecule is CCCC1CN(c2cc(C)c(C)c(C(=O)O)c2)C1. The summed E-state index contributed by atoms with van der Waals surface area (Å²) in [6.07, 6.45) is 2.50. The lowest BCUT2D eigenvalue weighted by Crippen LogP contribution is -2.46. The van der Waals surface area contributed by atoms with Crippen molar-refractivity contribution in [2.24, 2.45) is 5.92 Å². The highest BCUT2D eigenvalue weighted by Crippen LogP contribution is 2.30. The zero-order valence-electron chi connectivity index (χ0n) is 11.4. The minimum absolute atomic E-state index is 0.434. The lowest BCUT2D eigenvalue weighted by atomic mass is 9.93. The lowest BCUT2D eigenvalue weighted by molar-refractivity contribution is 0.0696. The van der Waals surface area contributed by atoms with Crippen LogP contribution in [0, 0.1) is 19.8 Å². The molecular formula is C15H21NO2. The molecule has 1 saturated heterocycles. The third-order valence-electron chi connectivity index (χ3n) is 3.90. The summed E-state index contributed by atoms with van der Waals surface area (Å²) in [5, 5.41) is 9.20. The minimum atomic E-state index is -0.830. The zero-order valence-corrected chi connectivity index (χ0v) is 11.4. The Kier molecular flexibility index (Phi) is 3.60. The van der Waals surface area contributed by atoms with Crippen LogP contribution in [0.2, 0.25) is 0 Å². The van der Waals surface area contributed by atoms with E-state index >= 15 is 0 Å². The van der Waals surface area contributed by atoms with Crippen LogP contribution in [0.1, 0.15) is 41.3 Å². The molecule has 1 aromatic rings. The maximum atomic E-state index is 11.2. The Bertz CT molecular complexity index is 462. The standard InChI is InChI=1S/C15H21NO2/c1-4-5-12-8-16(9-12)13-6-10(2)11(3)14(7-13)15(17)18/h6-7,12H,4-5,8-9H2,1-3H3,(H,17,18). The number of aromatic carboxylic acids is 1. The third kappa shape index (κ3) is 2.35. The Morgan fingerprint density at radius 1 is 1.39 bits per heavy atom. The maximum absolute atomic E-state index is 11.2. The number of hydrogen-bond donors (Lipinski definition) is 1. The molecule has 0 amide bonds. The molecule has 0 unspecified atom stereocenters. The Labute approximate surface area is 108 Å². The summed E-state index contributed by atoms with van der Waals surface area (Å²) in [5.74, 6) is -0.0482. The highest BCUT2D eigenvalue weighted by molar-refractivity contribution is 5.91. The van der Waals surface area contributed by atoms with E-state index in [1.54, 1.807) is 0 Å². The predicted octanol–water partition coefficient (Wildman–Crippen LogP) is 3.24. The largest absolute Gasteiger partial charge is 0.478 e. The maximum Gasteiger partial charge on any atom is 0.336 e. The number of rotatable bonds is 4. The van der Waals surface area contributed by atoms with Gasteiger partial charge in [0.15, 0.2) is 0 Å². The van der Waals surface area contributed by atoms with Gasteiger partial charge in [0.05, 0.1) is 5.56 Å². The molecule has 1 heterocycles. The molecule has 18 heavy (non-hydrogen) atoms. The molecule has 3 heteroatoms. The van der Waals surface area contributed by atoms with E-state index in [0.29, 0.717) is 5.56 Å². The summed E-state index contributed by atoms with van der Waals surface area (Å²) in [6.45, 7) is 8.19. The molecule has 1 aromatic carbocycles. The molecule has 0 bridgehead atoms.